The van der Waals surface area contributed by atoms with E-state index >= 15 is 0 Å². The lowest BCUT2D eigenvalue weighted by Gasteiger charge is -2.36. The second-order valence-corrected chi connectivity index (χ2v) is 19.8. The zero-order valence-corrected chi connectivity index (χ0v) is 33.2. The van der Waals surface area contributed by atoms with Crippen molar-refractivity contribution in [2.24, 2.45) is 29.6 Å². The number of nitrogens with one attached hydrogen (secondary N) is 1. The van der Waals surface area contributed by atoms with Crippen molar-refractivity contribution in [3.63, 3.8) is 0 Å². The molecule has 2 aliphatic carbocycles. The molecule has 2 saturated carbocycles. The van der Waals surface area contributed by atoms with Gasteiger partial charge in [-0.25, -0.2) is 13.4 Å². The fourth-order valence-electron chi connectivity index (χ4n) is 9.69. The molecule has 3 aliphatic heterocycles. The molecule has 8 rings (SSSR count). The quantitative estimate of drug-likeness (QED) is 0.179. The Bertz CT molecular complexity index is 1840. The van der Waals surface area contributed by atoms with E-state index < -0.39 is 22.0 Å². The van der Waals surface area contributed by atoms with E-state index in [1.54, 1.807) is 18.2 Å². The highest BCUT2D eigenvalue weighted by Gasteiger charge is 2.56. The largest absolute Gasteiger partial charge is 0.462 e. The third-order valence-corrected chi connectivity index (χ3v) is 15.3. The Morgan fingerprint density at radius 1 is 1.04 bits per heavy atom. The summed E-state index contributed by atoms with van der Waals surface area (Å²) in [6, 6.07) is 15.9. The molecule has 5 unspecified atom stereocenters. The SMILES string of the molecule is CC(C)CN(C[C@@H](O)[C@@H](CC(=O)OC1C2COC3OCC1C3C2)Cc1ccccc1)S(=O)(=O)c1ccc2nc(NC3CCN(C4CCCC4)CC3)sc2c1. The number of benzene rings is 2. The molecule has 2 N–H and O–H groups in total. The number of sulfonamides is 1. The smallest absolute Gasteiger partial charge is 0.306 e. The number of fused-ring (bicyclic) bond motifs is 2. The average molecular weight is 781 g/mol. The van der Waals surface area contributed by atoms with Gasteiger partial charge in [-0.3, -0.25) is 4.79 Å². The summed E-state index contributed by atoms with van der Waals surface area (Å²) in [7, 11) is -4.00. The molecule has 13 heteroatoms. The first-order valence-corrected chi connectivity index (χ1v) is 22.4. The number of piperidine rings is 1. The summed E-state index contributed by atoms with van der Waals surface area (Å²) in [5.74, 6) is -0.411. The van der Waals surface area contributed by atoms with Crippen molar-refractivity contribution in [3.05, 3.63) is 54.1 Å². The molecule has 11 nitrogen and oxygen atoms in total. The number of hydrogen-bond donors (Lipinski definition) is 2. The normalized spacial score (nSPS) is 27.6. The van der Waals surface area contributed by atoms with Gasteiger partial charge in [0.2, 0.25) is 10.0 Å². The third kappa shape index (κ3) is 8.38. The maximum atomic E-state index is 14.4. The molecule has 5 fully saturated rings. The zero-order chi connectivity index (χ0) is 37.4. The molecule has 4 heterocycles. The Balaban J connectivity index is 0.953. The number of hydrogen-bond acceptors (Lipinski definition) is 11. The number of aromatic nitrogens is 1. The lowest BCUT2D eigenvalue weighted by atomic mass is 9.90. The maximum Gasteiger partial charge on any atom is 0.306 e. The summed E-state index contributed by atoms with van der Waals surface area (Å²) in [4.78, 5) is 21.3. The number of aliphatic hydroxyl groups excluding tert-OH is 1. The summed E-state index contributed by atoms with van der Waals surface area (Å²) in [6.07, 6.45) is 7.22. The molecule has 2 aromatic carbocycles. The second kappa shape index (κ2) is 16.4. The van der Waals surface area contributed by atoms with Gasteiger partial charge in [0, 0.05) is 61.9 Å². The van der Waals surface area contributed by atoms with E-state index in [1.807, 2.05) is 44.2 Å². The minimum atomic E-state index is -4.00. The van der Waals surface area contributed by atoms with E-state index in [0.29, 0.717) is 25.7 Å². The van der Waals surface area contributed by atoms with Crippen molar-refractivity contribution in [3.8, 4) is 0 Å². The predicted molar refractivity (Wildman–Crippen MR) is 209 cm³/mol. The van der Waals surface area contributed by atoms with Crippen LogP contribution in [0.25, 0.3) is 10.2 Å². The van der Waals surface area contributed by atoms with Gasteiger partial charge in [0.05, 0.1) is 40.9 Å². The van der Waals surface area contributed by atoms with Crippen LogP contribution in [-0.2, 0) is 35.4 Å². The molecule has 0 amide bonds. The number of rotatable bonds is 15. The molecule has 1 aromatic heterocycles. The van der Waals surface area contributed by atoms with Crippen molar-refractivity contribution in [1.82, 2.24) is 14.2 Å². The molecule has 0 radical (unpaired) electrons. The Morgan fingerprint density at radius 3 is 2.56 bits per heavy atom. The van der Waals surface area contributed by atoms with Crippen molar-refractivity contribution in [2.75, 3.05) is 44.7 Å². The monoisotopic (exact) mass is 780 g/mol. The fraction of sp³-hybridized carbons (Fsp3) is 0.659. The molecule has 5 aliphatic rings. The first kappa shape index (κ1) is 38.2. The van der Waals surface area contributed by atoms with Crippen LogP contribution in [-0.4, -0.2) is 104 Å². The van der Waals surface area contributed by atoms with Crippen LogP contribution in [0, 0.1) is 29.6 Å². The third-order valence-electron chi connectivity index (χ3n) is 12.5. The van der Waals surface area contributed by atoms with E-state index in [-0.39, 0.29) is 66.4 Å². The van der Waals surface area contributed by atoms with Crippen molar-refractivity contribution in [1.29, 1.82) is 0 Å². The van der Waals surface area contributed by atoms with Crippen LogP contribution in [0.4, 0.5) is 5.13 Å². The van der Waals surface area contributed by atoms with Crippen LogP contribution in [0.15, 0.2) is 53.4 Å². The van der Waals surface area contributed by atoms with Crippen LogP contribution in [0.1, 0.15) is 70.8 Å². The van der Waals surface area contributed by atoms with Gasteiger partial charge in [0.1, 0.15) is 6.10 Å². The van der Waals surface area contributed by atoms with E-state index in [1.165, 1.54) is 41.3 Å². The Morgan fingerprint density at radius 2 is 1.80 bits per heavy atom. The van der Waals surface area contributed by atoms with E-state index in [2.05, 4.69) is 10.2 Å². The van der Waals surface area contributed by atoms with Gasteiger partial charge in [-0.05, 0) is 68.2 Å². The summed E-state index contributed by atoms with van der Waals surface area (Å²) in [6.45, 7) is 7.26. The van der Waals surface area contributed by atoms with Crippen LogP contribution < -0.4 is 5.32 Å². The van der Waals surface area contributed by atoms with Gasteiger partial charge in [0.15, 0.2) is 11.4 Å². The molecule has 7 atom stereocenters. The van der Waals surface area contributed by atoms with E-state index in [4.69, 9.17) is 19.2 Å². The Kier molecular flexibility index (Phi) is 11.6. The second-order valence-electron chi connectivity index (χ2n) is 16.8. The number of nitrogens with zero attached hydrogens (tertiary/aromatic N) is 3. The Labute approximate surface area is 323 Å². The van der Waals surface area contributed by atoms with Crippen molar-refractivity contribution >= 4 is 42.7 Å². The maximum absolute atomic E-state index is 14.4. The van der Waals surface area contributed by atoms with Gasteiger partial charge in [0.25, 0.3) is 0 Å². The number of thiazole rings is 1. The fourth-order valence-corrected chi connectivity index (χ4v) is 12.4. The van der Waals surface area contributed by atoms with Gasteiger partial charge in [-0.1, -0.05) is 68.4 Å². The number of likely N-dealkylation sites (tertiary alicyclic amines) is 1. The number of aliphatic hydroxyl groups is 1. The van der Waals surface area contributed by atoms with Crippen LogP contribution in [0.3, 0.4) is 0 Å². The summed E-state index contributed by atoms with van der Waals surface area (Å²) < 4.78 is 48.8. The summed E-state index contributed by atoms with van der Waals surface area (Å²) in [5.41, 5.74) is 1.73. The number of ether oxygens (including phenoxy) is 3. The lowest BCUT2D eigenvalue weighted by molar-refractivity contribution is -0.178. The van der Waals surface area contributed by atoms with E-state index in [9.17, 15) is 18.3 Å². The molecule has 54 heavy (non-hydrogen) atoms. The predicted octanol–water partition coefficient (Wildman–Crippen LogP) is 5.92. The average Bonchev–Trinajstić information content (AvgIpc) is 3.96. The minimum Gasteiger partial charge on any atom is -0.462 e. The van der Waals surface area contributed by atoms with Gasteiger partial charge in [-0.15, -0.1) is 0 Å². The highest BCUT2D eigenvalue weighted by atomic mass is 32.2. The molecule has 2 bridgehead atoms. The number of carbonyl (C=O) groups is 1. The standard InChI is InChI=1S/C41H56N4O7S2/c1-26(2)22-45(54(48,49)32-12-13-35-37(21-32)53-41(43-35)42-30-14-16-44(17-15-30)31-10-6-7-11-31)23-36(46)28(18-27-8-4-3-5-9-27)20-38(47)52-39-29-19-33-34(39)25-51-40(33)50-24-29/h3-5,8-9,12-13,21,26,28-31,33-34,36,39-40,46H,6-7,10-11,14-20,22-25H2,1-2H3,(H,42,43)/t28-,29?,33?,34?,36-,39?,40?/m1/s1. The zero-order valence-electron chi connectivity index (χ0n) is 31.6. The highest BCUT2D eigenvalue weighted by Crippen LogP contribution is 2.49. The number of anilines is 1. The number of esters is 1. The van der Waals surface area contributed by atoms with Crippen molar-refractivity contribution in [2.45, 2.75) is 107 Å². The summed E-state index contributed by atoms with van der Waals surface area (Å²) in [5, 5.41) is 16.3. The topological polar surface area (TPSA) is 131 Å². The van der Waals surface area contributed by atoms with Crippen LogP contribution >= 0.6 is 11.3 Å². The van der Waals surface area contributed by atoms with Gasteiger partial charge >= 0.3 is 5.97 Å². The summed E-state index contributed by atoms with van der Waals surface area (Å²) >= 11 is 1.49. The first-order chi connectivity index (χ1) is 26.1. The van der Waals surface area contributed by atoms with E-state index in [0.717, 1.165) is 59.3 Å². The van der Waals surface area contributed by atoms with Crippen LogP contribution in [0.5, 0.6) is 0 Å². The highest BCUT2D eigenvalue weighted by molar-refractivity contribution is 7.89. The molecule has 3 saturated heterocycles. The Hall–Kier alpha value is -2.65. The molecule has 294 valence electrons. The molecular formula is C41H56N4O7S2. The molecule has 3 aromatic rings. The lowest BCUT2D eigenvalue weighted by Crippen LogP contribution is -2.43. The number of carbonyl (C=O) groups excluding carboxylic acids is 1. The molecule has 0 spiro atoms. The first-order valence-electron chi connectivity index (χ1n) is 20.2. The van der Waals surface area contributed by atoms with Gasteiger partial charge in [-0.2, -0.15) is 4.31 Å². The minimum absolute atomic E-state index is 0.00828. The van der Waals surface area contributed by atoms with Crippen molar-refractivity contribution < 1.29 is 32.5 Å². The van der Waals surface area contributed by atoms with Crippen LogP contribution in [0.2, 0.25) is 0 Å². The molecular weight excluding hydrogens is 725 g/mol. The van der Waals surface area contributed by atoms with Gasteiger partial charge < -0.3 is 29.5 Å².